The number of aliphatic hydroxyl groups is 1. The SMILES string of the molecule is CCC(CC)C(O)Cc1cnn(C)c1. The Morgan fingerprint density at radius 3 is 2.50 bits per heavy atom. The molecule has 1 N–H and O–H groups in total. The molecular weight excluding hydrogens is 176 g/mol. The van der Waals surface area contributed by atoms with Gasteiger partial charge in [-0.3, -0.25) is 4.68 Å². The lowest BCUT2D eigenvalue weighted by atomic mass is 9.93. The van der Waals surface area contributed by atoms with Crippen LogP contribution in [0.15, 0.2) is 12.4 Å². The third kappa shape index (κ3) is 2.84. The van der Waals surface area contributed by atoms with Crippen molar-refractivity contribution in [3.05, 3.63) is 18.0 Å². The molecule has 0 spiro atoms. The molecule has 0 aromatic carbocycles. The van der Waals surface area contributed by atoms with E-state index in [0.717, 1.165) is 24.8 Å². The summed E-state index contributed by atoms with van der Waals surface area (Å²) in [5.74, 6) is 0.412. The van der Waals surface area contributed by atoms with E-state index in [1.165, 1.54) is 0 Å². The molecule has 0 radical (unpaired) electrons. The van der Waals surface area contributed by atoms with Crippen LogP contribution in [0.25, 0.3) is 0 Å². The number of rotatable bonds is 5. The van der Waals surface area contributed by atoms with Gasteiger partial charge >= 0.3 is 0 Å². The van der Waals surface area contributed by atoms with E-state index in [4.69, 9.17) is 0 Å². The molecule has 1 aromatic rings. The topological polar surface area (TPSA) is 38.1 Å². The first-order valence-electron chi connectivity index (χ1n) is 5.33. The highest BCUT2D eigenvalue weighted by Crippen LogP contribution is 2.16. The summed E-state index contributed by atoms with van der Waals surface area (Å²) in [4.78, 5) is 0. The van der Waals surface area contributed by atoms with E-state index in [1.54, 1.807) is 4.68 Å². The average Bonchev–Trinajstić information content (AvgIpc) is 2.53. The molecule has 14 heavy (non-hydrogen) atoms. The van der Waals surface area contributed by atoms with Crippen LogP contribution in [0.5, 0.6) is 0 Å². The van der Waals surface area contributed by atoms with Crippen LogP contribution in [0.1, 0.15) is 32.3 Å². The lowest BCUT2D eigenvalue weighted by Gasteiger charge is -2.19. The Labute approximate surface area is 85.8 Å². The normalized spacial score (nSPS) is 13.5. The van der Waals surface area contributed by atoms with E-state index in [-0.39, 0.29) is 6.10 Å². The molecule has 0 bridgehead atoms. The average molecular weight is 196 g/mol. The lowest BCUT2D eigenvalue weighted by Crippen LogP contribution is -2.21. The van der Waals surface area contributed by atoms with Gasteiger partial charge in [0, 0.05) is 19.7 Å². The van der Waals surface area contributed by atoms with Crippen molar-refractivity contribution in [1.82, 2.24) is 9.78 Å². The summed E-state index contributed by atoms with van der Waals surface area (Å²) >= 11 is 0. The summed E-state index contributed by atoms with van der Waals surface area (Å²) < 4.78 is 1.77. The summed E-state index contributed by atoms with van der Waals surface area (Å²) in [5.41, 5.74) is 1.12. The molecule has 1 rings (SSSR count). The van der Waals surface area contributed by atoms with Gasteiger partial charge in [0.1, 0.15) is 0 Å². The second-order valence-corrected chi connectivity index (χ2v) is 3.87. The molecule has 80 valence electrons. The minimum absolute atomic E-state index is 0.228. The van der Waals surface area contributed by atoms with E-state index in [9.17, 15) is 5.11 Å². The molecular formula is C11H20N2O. The molecule has 0 aliphatic rings. The van der Waals surface area contributed by atoms with Gasteiger partial charge < -0.3 is 5.11 Å². The Bertz CT molecular complexity index is 266. The van der Waals surface area contributed by atoms with Crippen molar-refractivity contribution < 1.29 is 5.11 Å². The lowest BCUT2D eigenvalue weighted by molar-refractivity contribution is 0.103. The van der Waals surface area contributed by atoms with Crippen LogP contribution in [0.2, 0.25) is 0 Å². The standard InChI is InChI=1S/C11H20N2O/c1-4-10(5-2)11(14)6-9-7-12-13(3)8-9/h7-8,10-11,14H,4-6H2,1-3H3. The van der Waals surface area contributed by atoms with Crippen molar-refractivity contribution in [3.63, 3.8) is 0 Å². The van der Waals surface area contributed by atoms with Gasteiger partial charge in [0.05, 0.1) is 12.3 Å². The van der Waals surface area contributed by atoms with Crippen molar-refractivity contribution in [2.24, 2.45) is 13.0 Å². The highest BCUT2D eigenvalue weighted by atomic mass is 16.3. The van der Waals surface area contributed by atoms with Crippen LogP contribution < -0.4 is 0 Å². The number of aryl methyl sites for hydroxylation is 1. The zero-order valence-corrected chi connectivity index (χ0v) is 9.27. The Kier molecular flexibility index (Phi) is 4.14. The van der Waals surface area contributed by atoms with Crippen LogP contribution in [0, 0.1) is 5.92 Å². The van der Waals surface area contributed by atoms with E-state index < -0.39 is 0 Å². The third-order valence-corrected chi connectivity index (χ3v) is 2.80. The van der Waals surface area contributed by atoms with Crippen LogP contribution in [0.4, 0.5) is 0 Å². The summed E-state index contributed by atoms with van der Waals surface area (Å²) in [6.07, 6.45) is 6.36. The summed E-state index contributed by atoms with van der Waals surface area (Å²) in [5, 5.41) is 14.0. The summed E-state index contributed by atoms with van der Waals surface area (Å²) in [6.45, 7) is 4.25. The minimum Gasteiger partial charge on any atom is -0.392 e. The predicted octanol–water partition coefficient (Wildman–Crippen LogP) is 1.76. The van der Waals surface area contributed by atoms with Crippen LogP contribution in [-0.4, -0.2) is 21.0 Å². The fourth-order valence-corrected chi connectivity index (χ4v) is 1.82. The van der Waals surface area contributed by atoms with Crippen LogP contribution in [-0.2, 0) is 13.5 Å². The summed E-state index contributed by atoms with van der Waals surface area (Å²) in [7, 11) is 1.90. The highest BCUT2D eigenvalue weighted by Gasteiger charge is 2.16. The molecule has 0 fully saturated rings. The van der Waals surface area contributed by atoms with Crippen molar-refractivity contribution in [1.29, 1.82) is 0 Å². The van der Waals surface area contributed by atoms with Crippen LogP contribution >= 0.6 is 0 Å². The molecule has 0 amide bonds. The van der Waals surface area contributed by atoms with Crippen molar-refractivity contribution >= 4 is 0 Å². The predicted molar refractivity (Wildman–Crippen MR) is 57.0 cm³/mol. The second kappa shape index (κ2) is 5.15. The van der Waals surface area contributed by atoms with Crippen molar-refractivity contribution in [2.75, 3.05) is 0 Å². The second-order valence-electron chi connectivity index (χ2n) is 3.87. The number of hydrogen-bond donors (Lipinski definition) is 1. The number of aromatic nitrogens is 2. The maximum Gasteiger partial charge on any atom is 0.0609 e. The largest absolute Gasteiger partial charge is 0.392 e. The maximum atomic E-state index is 9.93. The minimum atomic E-state index is -0.228. The van der Waals surface area contributed by atoms with E-state index in [2.05, 4.69) is 18.9 Å². The van der Waals surface area contributed by atoms with Gasteiger partial charge in [0.15, 0.2) is 0 Å². The smallest absolute Gasteiger partial charge is 0.0609 e. The Hall–Kier alpha value is -0.830. The Morgan fingerprint density at radius 2 is 2.07 bits per heavy atom. The molecule has 1 unspecified atom stereocenters. The first kappa shape index (κ1) is 11.2. The molecule has 0 aliphatic carbocycles. The fourth-order valence-electron chi connectivity index (χ4n) is 1.82. The number of hydrogen-bond acceptors (Lipinski definition) is 2. The van der Waals surface area contributed by atoms with Gasteiger partial charge in [0.2, 0.25) is 0 Å². The number of nitrogens with zero attached hydrogens (tertiary/aromatic N) is 2. The van der Waals surface area contributed by atoms with Gasteiger partial charge in [-0.05, 0) is 11.5 Å². The van der Waals surface area contributed by atoms with Gasteiger partial charge in [-0.15, -0.1) is 0 Å². The van der Waals surface area contributed by atoms with E-state index >= 15 is 0 Å². The first-order chi connectivity index (χ1) is 6.67. The number of aliphatic hydroxyl groups excluding tert-OH is 1. The highest BCUT2D eigenvalue weighted by molar-refractivity contribution is 5.05. The first-order valence-corrected chi connectivity index (χ1v) is 5.33. The molecule has 0 saturated heterocycles. The molecule has 1 atom stereocenters. The Morgan fingerprint density at radius 1 is 1.43 bits per heavy atom. The van der Waals surface area contributed by atoms with Gasteiger partial charge in [0.25, 0.3) is 0 Å². The Balaban J connectivity index is 2.51. The molecule has 3 nitrogen and oxygen atoms in total. The van der Waals surface area contributed by atoms with Crippen LogP contribution in [0.3, 0.4) is 0 Å². The van der Waals surface area contributed by atoms with Crippen molar-refractivity contribution in [2.45, 2.75) is 39.2 Å². The molecule has 0 saturated carbocycles. The quantitative estimate of drug-likeness (QED) is 0.779. The van der Waals surface area contributed by atoms with Gasteiger partial charge in [-0.25, -0.2) is 0 Å². The monoisotopic (exact) mass is 196 g/mol. The van der Waals surface area contributed by atoms with Gasteiger partial charge in [-0.2, -0.15) is 5.10 Å². The zero-order chi connectivity index (χ0) is 10.6. The maximum absolute atomic E-state index is 9.93. The summed E-state index contributed by atoms with van der Waals surface area (Å²) in [6, 6.07) is 0. The molecule has 3 heteroatoms. The van der Waals surface area contributed by atoms with Crippen molar-refractivity contribution in [3.8, 4) is 0 Å². The molecule has 1 aromatic heterocycles. The third-order valence-electron chi connectivity index (χ3n) is 2.80. The van der Waals surface area contributed by atoms with E-state index in [0.29, 0.717) is 5.92 Å². The van der Waals surface area contributed by atoms with E-state index in [1.807, 2.05) is 19.4 Å². The fraction of sp³-hybridized carbons (Fsp3) is 0.727. The molecule has 0 aliphatic heterocycles. The zero-order valence-electron chi connectivity index (χ0n) is 9.27. The van der Waals surface area contributed by atoms with Gasteiger partial charge in [-0.1, -0.05) is 26.7 Å². The molecule has 1 heterocycles.